The van der Waals surface area contributed by atoms with Crippen LogP contribution in [-0.2, 0) is 6.42 Å². The number of rotatable bonds is 5. The molecule has 6 heteroatoms. The van der Waals surface area contributed by atoms with Crippen molar-refractivity contribution in [3.8, 4) is 0 Å². The fourth-order valence-corrected chi connectivity index (χ4v) is 2.66. The molecule has 1 aliphatic heterocycles. The minimum atomic E-state index is 0.532. The fraction of sp³-hybridized carbons (Fsp3) is 0.600. The molecule has 2 N–H and O–H groups in total. The number of likely N-dealkylation sites (N-methyl/N-ethyl adjacent to an activating group) is 1. The van der Waals surface area contributed by atoms with Crippen LogP contribution >= 0.6 is 11.6 Å². The van der Waals surface area contributed by atoms with Crippen LogP contribution in [0.5, 0.6) is 0 Å². The maximum Gasteiger partial charge on any atom is 0.191 e. The third-order valence-corrected chi connectivity index (χ3v) is 4.12. The normalized spacial score (nSPS) is 19.8. The fourth-order valence-electron chi connectivity index (χ4n) is 2.55. The van der Waals surface area contributed by atoms with Gasteiger partial charge in [0.1, 0.15) is 5.15 Å². The summed E-state index contributed by atoms with van der Waals surface area (Å²) in [5.74, 6) is 0.859. The molecule has 0 spiro atoms. The molecule has 116 valence electrons. The maximum atomic E-state index is 5.77. The summed E-state index contributed by atoms with van der Waals surface area (Å²) in [6.45, 7) is 2.96. The molecule has 0 bridgehead atoms. The number of nitrogens with one attached hydrogen (secondary N) is 2. The van der Waals surface area contributed by atoms with Crippen molar-refractivity contribution in [3.05, 3.63) is 29.0 Å². The van der Waals surface area contributed by atoms with Gasteiger partial charge in [0.05, 0.1) is 0 Å². The maximum absolute atomic E-state index is 5.77. The van der Waals surface area contributed by atoms with E-state index in [-0.39, 0.29) is 0 Å². The van der Waals surface area contributed by atoms with Crippen LogP contribution in [0.25, 0.3) is 0 Å². The molecule has 0 amide bonds. The first-order valence-corrected chi connectivity index (χ1v) is 7.82. The summed E-state index contributed by atoms with van der Waals surface area (Å²) < 4.78 is 0. The number of pyridine rings is 1. The second-order valence-electron chi connectivity index (χ2n) is 5.40. The van der Waals surface area contributed by atoms with Gasteiger partial charge in [-0.15, -0.1) is 0 Å². The van der Waals surface area contributed by atoms with Crippen LogP contribution in [0.15, 0.2) is 23.3 Å². The number of aromatic nitrogens is 1. The van der Waals surface area contributed by atoms with Crippen LogP contribution in [0, 0.1) is 0 Å². The van der Waals surface area contributed by atoms with Gasteiger partial charge in [-0.3, -0.25) is 4.99 Å². The Labute approximate surface area is 131 Å². The van der Waals surface area contributed by atoms with Crippen LogP contribution in [0.4, 0.5) is 0 Å². The zero-order valence-corrected chi connectivity index (χ0v) is 13.5. The van der Waals surface area contributed by atoms with Crippen LogP contribution in [0.1, 0.15) is 18.4 Å². The van der Waals surface area contributed by atoms with Crippen molar-refractivity contribution in [1.29, 1.82) is 0 Å². The lowest BCUT2D eigenvalue weighted by atomic mass is 10.2. The monoisotopic (exact) mass is 309 g/mol. The molecule has 1 aliphatic rings. The Bertz CT molecular complexity index is 460. The number of hydrogen-bond donors (Lipinski definition) is 2. The smallest absolute Gasteiger partial charge is 0.191 e. The third-order valence-electron chi connectivity index (χ3n) is 3.90. The summed E-state index contributed by atoms with van der Waals surface area (Å²) >= 11 is 5.77. The molecular formula is C15H24ClN5. The molecule has 2 heterocycles. The SMILES string of the molecule is CN=C(NCCc1ccc(Cl)nc1)NCC1CCCN1C. The Morgan fingerprint density at radius 2 is 2.33 bits per heavy atom. The first-order chi connectivity index (χ1) is 10.2. The highest BCUT2D eigenvalue weighted by atomic mass is 35.5. The summed E-state index contributed by atoms with van der Waals surface area (Å²) in [6, 6.07) is 4.43. The summed E-state index contributed by atoms with van der Waals surface area (Å²) in [6.07, 6.45) is 5.26. The zero-order valence-electron chi connectivity index (χ0n) is 12.8. The van der Waals surface area contributed by atoms with Crippen molar-refractivity contribution in [2.75, 3.05) is 33.7 Å². The van der Waals surface area contributed by atoms with Gasteiger partial charge in [-0.05, 0) is 44.5 Å². The van der Waals surface area contributed by atoms with E-state index >= 15 is 0 Å². The van der Waals surface area contributed by atoms with E-state index in [1.54, 1.807) is 7.05 Å². The Hall–Kier alpha value is -1.33. The van der Waals surface area contributed by atoms with E-state index < -0.39 is 0 Å². The van der Waals surface area contributed by atoms with Crippen LogP contribution in [-0.4, -0.2) is 55.6 Å². The number of hydrogen-bond acceptors (Lipinski definition) is 3. The standard InChI is InChI=1S/C15H24ClN5/c1-17-15(20-11-13-4-3-9-21(13)2)18-8-7-12-5-6-14(16)19-10-12/h5-6,10,13H,3-4,7-9,11H2,1-2H3,(H2,17,18,20). The largest absolute Gasteiger partial charge is 0.356 e. The van der Waals surface area contributed by atoms with Gasteiger partial charge < -0.3 is 15.5 Å². The van der Waals surface area contributed by atoms with E-state index in [2.05, 4.69) is 32.6 Å². The molecule has 21 heavy (non-hydrogen) atoms. The minimum Gasteiger partial charge on any atom is -0.356 e. The summed E-state index contributed by atoms with van der Waals surface area (Å²) in [5, 5.41) is 7.26. The van der Waals surface area contributed by atoms with E-state index in [0.717, 1.165) is 31.0 Å². The topological polar surface area (TPSA) is 52.6 Å². The number of aliphatic imine (C=N–C) groups is 1. The lowest BCUT2D eigenvalue weighted by Crippen LogP contribution is -2.44. The van der Waals surface area contributed by atoms with E-state index in [1.807, 2.05) is 18.3 Å². The Morgan fingerprint density at radius 1 is 1.48 bits per heavy atom. The lowest BCUT2D eigenvalue weighted by Gasteiger charge is -2.21. The Balaban J connectivity index is 1.69. The summed E-state index contributed by atoms with van der Waals surface area (Å²) in [5.41, 5.74) is 1.16. The molecule has 5 nitrogen and oxygen atoms in total. The van der Waals surface area contributed by atoms with Gasteiger partial charge in [0.15, 0.2) is 5.96 Å². The second-order valence-corrected chi connectivity index (χ2v) is 5.78. The van der Waals surface area contributed by atoms with Gasteiger partial charge in [0.25, 0.3) is 0 Å². The van der Waals surface area contributed by atoms with Gasteiger partial charge in [-0.2, -0.15) is 0 Å². The summed E-state index contributed by atoms with van der Waals surface area (Å²) in [4.78, 5) is 10.7. The Kier molecular flexibility index (Phi) is 6.26. The molecule has 1 aromatic rings. The Morgan fingerprint density at radius 3 is 2.95 bits per heavy atom. The molecule has 1 unspecified atom stereocenters. The van der Waals surface area contributed by atoms with Crippen molar-refractivity contribution in [2.45, 2.75) is 25.3 Å². The van der Waals surface area contributed by atoms with Crippen LogP contribution < -0.4 is 10.6 Å². The second kappa shape index (κ2) is 8.20. The molecule has 1 atom stereocenters. The number of nitrogens with zero attached hydrogens (tertiary/aromatic N) is 3. The first-order valence-electron chi connectivity index (χ1n) is 7.44. The van der Waals surface area contributed by atoms with Crippen molar-refractivity contribution in [3.63, 3.8) is 0 Å². The van der Waals surface area contributed by atoms with E-state index in [4.69, 9.17) is 11.6 Å². The van der Waals surface area contributed by atoms with Gasteiger partial charge >= 0.3 is 0 Å². The molecule has 0 aliphatic carbocycles. The summed E-state index contributed by atoms with van der Waals surface area (Å²) in [7, 11) is 3.99. The molecule has 0 saturated carbocycles. The molecule has 0 aromatic carbocycles. The van der Waals surface area contributed by atoms with Gasteiger partial charge in [0, 0.05) is 32.4 Å². The number of likely N-dealkylation sites (tertiary alicyclic amines) is 1. The highest BCUT2D eigenvalue weighted by Gasteiger charge is 2.20. The van der Waals surface area contributed by atoms with Gasteiger partial charge in [-0.25, -0.2) is 4.98 Å². The van der Waals surface area contributed by atoms with Crippen LogP contribution in [0.3, 0.4) is 0 Å². The molecule has 2 rings (SSSR count). The number of halogens is 1. The zero-order chi connectivity index (χ0) is 15.1. The van der Waals surface area contributed by atoms with Gasteiger partial charge in [0.2, 0.25) is 0 Å². The average molecular weight is 310 g/mol. The highest BCUT2D eigenvalue weighted by molar-refractivity contribution is 6.29. The van der Waals surface area contributed by atoms with Gasteiger partial charge in [-0.1, -0.05) is 17.7 Å². The average Bonchev–Trinajstić information content (AvgIpc) is 2.90. The molecule has 0 radical (unpaired) electrons. The van der Waals surface area contributed by atoms with E-state index in [0.29, 0.717) is 11.2 Å². The van der Waals surface area contributed by atoms with Crippen molar-refractivity contribution >= 4 is 17.6 Å². The highest BCUT2D eigenvalue weighted by Crippen LogP contribution is 2.13. The molecule has 1 saturated heterocycles. The first kappa shape index (κ1) is 16.0. The lowest BCUT2D eigenvalue weighted by molar-refractivity contribution is 0.309. The van der Waals surface area contributed by atoms with E-state index in [1.165, 1.54) is 19.4 Å². The minimum absolute atomic E-state index is 0.532. The molecular weight excluding hydrogens is 286 g/mol. The third kappa shape index (κ3) is 5.17. The van der Waals surface area contributed by atoms with Crippen LogP contribution in [0.2, 0.25) is 5.15 Å². The predicted octanol–water partition coefficient (Wildman–Crippen LogP) is 1.54. The van der Waals surface area contributed by atoms with Crippen molar-refractivity contribution in [2.24, 2.45) is 4.99 Å². The predicted molar refractivity (Wildman–Crippen MR) is 88.0 cm³/mol. The van der Waals surface area contributed by atoms with Crippen molar-refractivity contribution < 1.29 is 0 Å². The molecule has 1 fully saturated rings. The van der Waals surface area contributed by atoms with E-state index in [9.17, 15) is 0 Å². The quantitative estimate of drug-likeness (QED) is 0.492. The van der Waals surface area contributed by atoms with Crippen molar-refractivity contribution in [1.82, 2.24) is 20.5 Å². The number of guanidine groups is 1. The molecule has 1 aromatic heterocycles.